The molecule has 4 rings (SSSR count). The lowest BCUT2D eigenvalue weighted by Crippen LogP contribution is -2.48. The zero-order valence-electron chi connectivity index (χ0n) is 14.9. The van der Waals surface area contributed by atoms with Gasteiger partial charge >= 0.3 is 0 Å². The second-order valence-electron chi connectivity index (χ2n) is 7.07. The maximum Gasteiger partial charge on any atom is 0.254 e. The molecule has 0 spiro atoms. The first-order valence-electron chi connectivity index (χ1n) is 9.39. The van der Waals surface area contributed by atoms with Gasteiger partial charge in [0.05, 0.1) is 6.54 Å². The fourth-order valence-electron chi connectivity index (χ4n) is 3.78. The zero-order chi connectivity index (χ0) is 17.9. The Hall–Kier alpha value is -2.28. The van der Waals surface area contributed by atoms with Crippen LogP contribution in [-0.4, -0.2) is 56.7 Å². The highest BCUT2D eigenvalue weighted by Crippen LogP contribution is 2.17. The van der Waals surface area contributed by atoms with Gasteiger partial charge < -0.3 is 9.47 Å². The van der Waals surface area contributed by atoms with Gasteiger partial charge in [0.25, 0.3) is 5.91 Å². The van der Waals surface area contributed by atoms with Crippen LogP contribution in [0.1, 0.15) is 41.3 Å². The van der Waals surface area contributed by atoms with Crippen molar-refractivity contribution in [1.29, 1.82) is 0 Å². The molecule has 2 aromatic rings. The van der Waals surface area contributed by atoms with Crippen LogP contribution in [0.2, 0.25) is 0 Å². The highest BCUT2D eigenvalue weighted by atomic mass is 19.1. The van der Waals surface area contributed by atoms with E-state index in [1.165, 1.54) is 31.4 Å². The van der Waals surface area contributed by atoms with Crippen LogP contribution < -0.4 is 0 Å². The molecule has 0 radical (unpaired) electrons. The number of amides is 1. The van der Waals surface area contributed by atoms with Crippen molar-refractivity contribution >= 4 is 5.91 Å². The summed E-state index contributed by atoms with van der Waals surface area (Å²) in [5.41, 5.74) is 0.418. The summed E-state index contributed by atoms with van der Waals surface area (Å²) in [4.78, 5) is 16.6. The first kappa shape index (κ1) is 17.1. The summed E-state index contributed by atoms with van der Waals surface area (Å²) in [5.74, 6) is 1.67. The number of rotatable bonds is 3. The van der Waals surface area contributed by atoms with E-state index in [4.69, 9.17) is 0 Å². The van der Waals surface area contributed by atoms with E-state index in [9.17, 15) is 9.18 Å². The first-order chi connectivity index (χ1) is 12.7. The number of carbonyl (C=O) groups is 1. The molecule has 1 amide bonds. The minimum Gasteiger partial charge on any atom is -0.336 e. The number of fused-ring (bicyclic) bond motifs is 1. The zero-order valence-corrected chi connectivity index (χ0v) is 14.9. The summed E-state index contributed by atoms with van der Waals surface area (Å²) in [6, 6.07) is 5.91. The van der Waals surface area contributed by atoms with E-state index in [0.717, 1.165) is 44.2 Å². The Morgan fingerprint density at radius 3 is 2.69 bits per heavy atom. The molecule has 138 valence electrons. The van der Waals surface area contributed by atoms with Crippen LogP contribution >= 0.6 is 0 Å². The molecule has 0 unspecified atom stereocenters. The van der Waals surface area contributed by atoms with Gasteiger partial charge in [0.1, 0.15) is 17.5 Å². The lowest BCUT2D eigenvalue weighted by Gasteiger charge is -2.34. The number of nitrogens with zero attached hydrogens (tertiary/aromatic N) is 5. The topological polar surface area (TPSA) is 54.3 Å². The number of hydrogen-bond donors (Lipinski definition) is 0. The second kappa shape index (κ2) is 7.53. The molecule has 1 saturated heterocycles. The van der Waals surface area contributed by atoms with Crippen molar-refractivity contribution in [3.05, 3.63) is 47.3 Å². The molecule has 0 aliphatic carbocycles. The van der Waals surface area contributed by atoms with E-state index in [-0.39, 0.29) is 11.7 Å². The predicted molar refractivity (Wildman–Crippen MR) is 95.2 cm³/mol. The molecule has 1 fully saturated rings. The van der Waals surface area contributed by atoms with Crippen LogP contribution in [0.15, 0.2) is 24.3 Å². The molecule has 0 bridgehead atoms. The van der Waals surface area contributed by atoms with E-state index in [1.807, 2.05) is 0 Å². The third-order valence-corrected chi connectivity index (χ3v) is 5.28. The molecular weight excluding hydrogens is 333 g/mol. The van der Waals surface area contributed by atoms with Crippen molar-refractivity contribution in [3.63, 3.8) is 0 Å². The lowest BCUT2D eigenvalue weighted by molar-refractivity contribution is 0.0623. The van der Waals surface area contributed by atoms with Gasteiger partial charge in [0, 0.05) is 44.7 Å². The van der Waals surface area contributed by atoms with Crippen LogP contribution in [0, 0.1) is 5.82 Å². The maximum atomic E-state index is 13.3. The third kappa shape index (κ3) is 3.62. The number of halogens is 1. The van der Waals surface area contributed by atoms with Gasteiger partial charge in [-0.25, -0.2) is 4.39 Å². The highest BCUT2D eigenvalue weighted by molar-refractivity contribution is 5.94. The largest absolute Gasteiger partial charge is 0.336 e. The molecule has 6 nitrogen and oxygen atoms in total. The van der Waals surface area contributed by atoms with Crippen molar-refractivity contribution in [3.8, 4) is 0 Å². The number of benzene rings is 1. The number of piperazine rings is 1. The van der Waals surface area contributed by atoms with Crippen molar-refractivity contribution in [2.24, 2.45) is 0 Å². The Balaban J connectivity index is 1.35. The summed E-state index contributed by atoms with van der Waals surface area (Å²) in [5, 5.41) is 8.75. The minimum absolute atomic E-state index is 0.0968. The Kier molecular flexibility index (Phi) is 4.97. The molecular formula is C19H24FN5O. The lowest BCUT2D eigenvalue weighted by atomic mass is 10.1. The number of hydrogen-bond acceptors (Lipinski definition) is 4. The molecule has 2 aliphatic rings. The monoisotopic (exact) mass is 357 g/mol. The minimum atomic E-state index is -0.373. The first-order valence-corrected chi connectivity index (χ1v) is 9.39. The van der Waals surface area contributed by atoms with Gasteiger partial charge in [-0.05, 0) is 31.0 Å². The molecule has 1 aromatic heterocycles. The smallest absolute Gasteiger partial charge is 0.254 e. The van der Waals surface area contributed by atoms with Crippen LogP contribution in [0.25, 0.3) is 0 Å². The predicted octanol–water partition coefficient (Wildman–Crippen LogP) is 2.10. The van der Waals surface area contributed by atoms with Crippen molar-refractivity contribution in [1.82, 2.24) is 24.6 Å². The Morgan fingerprint density at radius 1 is 1.04 bits per heavy atom. The average molecular weight is 357 g/mol. The summed E-state index contributed by atoms with van der Waals surface area (Å²) in [6.07, 6.45) is 4.65. The average Bonchev–Trinajstić information content (AvgIpc) is 2.88. The molecule has 7 heteroatoms. The fraction of sp³-hybridized carbons (Fsp3) is 0.526. The fourth-order valence-corrected chi connectivity index (χ4v) is 3.78. The van der Waals surface area contributed by atoms with Gasteiger partial charge in [-0.1, -0.05) is 12.5 Å². The summed E-state index contributed by atoms with van der Waals surface area (Å²) >= 11 is 0. The van der Waals surface area contributed by atoms with E-state index in [1.54, 1.807) is 17.0 Å². The summed E-state index contributed by atoms with van der Waals surface area (Å²) in [6.45, 7) is 4.67. The SMILES string of the molecule is O=C(c1cccc(F)c1)N1CCN(Cc2nnc3n2CCCCC3)CC1. The van der Waals surface area contributed by atoms with Crippen molar-refractivity contribution in [2.45, 2.75) is 38.8 Å². The molecule has 26 heavy (non-hydrogen) atoms. The van der Waals surface area contributed by atoms with Gasteiger partial charge in [-0.3, -0.25) is 9.69 Å². The van der Waals surface area contributed by atoms with Gasteiger partial charge in [-0.15, -0.1) is 10.2 Å². The molecule has 1 aromatic carbocycles. The molecule has 0 N–H and O–H groups in total. The van der Waals surface area contributed by atoms with Gasteiger partial charge in [0.2, 0.25) is 0 Å². The quantitative estimate of drug-likeness (QED) is 0.844. The maximum absolute atomic E-state index is 13.3. The third-order valence-electron chi connectivity index (χ3n) is 5.28. The molecule has 3 heterocycles. The normalized spacial score (nSPS) is 18.4. The van der Waals surface area contributed by atoms with E-state index in [0.29, 0.717) is 18.7 Å². The van der Waals surface area contributed by atoms with Crippen molar-refractivity contribution in [2.75, 3.05) is 26.2 Å². The Labute approximate surface area is 152 Å². The standard InChI is InChI=1S/C19H24FN5O/c20-16-6-4-5-15(13-16)19(26)24-11-9-23(10-12-24)14-18-22-21-17-7-2-1-3-8-25(17)18/h4-6,13H,1-3,7-12,14H2. The van der Waals surface area contributed by atoms with Crippen LogP contribution in [0.4, 0.5) is 4.39 Å². The van der Waals surface area contributed by atoms with Crippen LogP contribution in [-0.2, 0) is 19.5 Å². The van der Waals surface area contributed by atoms with Crippen molar-refractivity contribution < 1.29 is 9.18 Å². The van der Waals surface area contributed by atoms with E-state index in [2.05, 4.69) is 19.7 Å². The molecule has 0 atom stereocenters. The summed E-state index contributed by atoms with van der Waals surface area (Å²) < 4.78 is 15.6. The number of aromatic nitrogens is 3. The Morgan fingerprint density at radius 2 is 1.88 bits per heavy atom. The van der Waals surface area contributed by atoms with Crippen LogP contribution in [0.3, 0.4) is 0 Å². The summed E-state index contributed by atoms with van der Waals surface area (Å²) in [7, 11) is 0. The Bertz CT molecular complexity index is 782. The molecule has 0 saturated carbocycles. The van der Waals surface area contributed by atoms with Crippen LogP contribution in [0.5, 0.6) is 0 Å². The molecule has 2 aliphatic heterocycles. The van der Waals surface area contributed by atoms with E-state index >= 15 is 0 Å². The second-order valence-corrected chi connectivity index (χ2v) is 7.07. The van der Waals surface area contributed by atoms with Gasteiger partial charge in [0.15, 0.2) is 0 Å². The highest BCUT2D eigenvalue weighted by Gasteiger charge is 2.24. The number of carbonyl (C=O) groups excluding carboxylic acids is 1. The number of aryl methyl sites for hydroxylation is 1. The van der Waals surface area contributed by atoms with E-state index < -0.39 is 0 Å². The van der Waals surface area contributed by atoms with Gasteiger partial charge in [-0.2, -0.15) is 0 Å².